The molecular weight excluding hydrogens is 464 g/mol. The zero-order valence-corrected chi connectivity index (χ0v) is 19.1. The second-order valence-corrected chi connectivity index (χ2v) is 8.32. The normalized spacial score (nSPS) is 15.9. The lowest BCUT2D eigenvalue weighted by molar-refractivity contribution is -0.124. The lowest BCUT2D eigenvalue weighted by atomic mass is 10.1. The Labute approximate surface area is 206 Å². The van der Waals surface area contributed by atoms with E-state index in [2.05, 4.69) is 5.32 Å². The lowest BCUT2D eigenvalue weighted by Crippen LogP contribution is -2.42. The van der Waals surface area contributed by atoms with E-state index in [1.54, 1.807) is 48.5 Å². The maximum Gasteiger partial charge on any atom is 0.338 e. The van der Waals surface area contributed by atoms with Crippen LogP contribution in [-0.2, 0) is 16.1 Å². The van der Waals surface area contributed by atoms with Crippen molar-refractivity contribution in [3.8, 4) is 11.5 Å². The zero-order chi connectivity index (χ0) is 25.1. The molecule has 9 nitrogen and oxygen atoms in total. The number of carbonyl (C=O) groups excluding carboxylic acids is 4. The van der Waals surface area contributed by atoms with Crippen LogP contribution in [0, 0.1) is 0 Å². The highest BCUT2D eigenvalue weighted by Gasteiger charge is 2.35. The van der Waals surface area contributed by atoms with Crippen LogP contribution in [0.1, 0.15) is 36.6 Å². The van der Waals surface area contributed by atoms with Crippen molar-refractivity contribution >= 4 is 23.7 Å². The molecule has 36 heavy (non-hydrogen) atoms. The summed E-state index contributed by atoms with van der Waals surface area (Å²) in [4.78, 5) is 50.7. The van der Waals surface area contributed by atoms with E-state index in [-0.39, 0.29) is 36.6 Å². The van der Waals surface area contributed by atoms with Gasteiger partial charge in [-0.1, -0.05) is 36.4 Å². The van der Waals surface area contributed by atoms with Gasteiger partial charge in [0.05, 0.1) is 29.8 Å². The number of carbonyl (C=O) groups is 4. The van der Waals surface area contributed by atoms with Gasteiger partial charge in [-0.05, 0) is 42.0 Å². The number of para-hydroxylation sites is 2. The third kappa shape index (κ3) is 4.76. The molecule has 2 aliphatic rings. The Morgan fingerprint density at radius 2 is 1.53 bits per heavy atom. The van der Waals surface area contributed by atoms with Gasteiger partial charge in [0, 0.05) is 0 Å². The molecule has 1 unspecified atom stereocenters. The Balaban J connectivity index is 1.08. The summed E-state index contributed by atoms with van der Waals surface area (Å²) in [6, 6.07) is 20.3. The van der Waals surface area contributed by atoms with Gasteiger partial charge in [-0.15, -0.1) is 0 Å². The van der Waals surface area contributed by atoms with Crippen molar-refractivity contribution in [3.05, 3.63) is 95.1 Å². The van der Waals surface area contributed by atoms with Gasteiger partial charge in [-0.2, -0.15) is 0 Å². The highest BCUT2D eigenvalue weighted by Crippen LogP contribution is 2.30. The number of hydrogen-bond acceptors (Lipinski definition) is 7. The van der Waals surface area contributed by atoms with Crippen molar-refractivity contribution in [2.24, 2.45) is 0 Å². The Kier molecular flexibility index (Phi) is 6.36. The number of imide groups is 1. The summed E-state index contributed by atoms with van der Waals surface area (Å²) in [7, 11) is 0. The number of benzene rings is 3. The number of rotatable bonds is 7. The molecule has 1 N–H and O–H groups in total. The fraction of sp³-hybridized carbons (Fsp3) is 0.185. The van der Waals surface area contributed by atoms with Crippen molar-refractivity contribution in [2.45, 2.75) is 12.6 Å². The topological polar surface area (TPSA) is 111 Å². The van der Waals surface area contributed by atoms with Crippen molar-refractivity contribution in [2.75, 3.05) is 19.8 Å². The second-order valence-electron chi connectivity index (χ2n) is 8.32. The molecule has 2 aliphatic heterocycles. The summed E-state index contributed by atoms with van der Waals surface area (Å²) in [6.07, 6.45) is -0.353. The first-order valence-corrected chi connectivity index (χ1v) is 11.4. The molecule has 182 valence electrons. The molecule has 0 radical (unpaired) electrons. The first-order chi connectivity index (χ1) is 17.5. The molecule has 0 saturated carbocycles. The monoisotopic (exact) mass is 486 g/mol. The molecule has 0 saturated heterocycles. The summed E-state index contributed by atoms with van der Waals surface area (Å²) in [6.45, 7) is 0.142. The van der Waals surface area contributed by atoms with Gasteiger partial charge in [0.15, 0.2) is 18.1 Å². The lowest BCUT2D eigenvalue weighted by Gasteiger charge is -2.26. The largest absolute Gasteiger partial charge is 0.486 e. The molecule has 2 heterocycles. The van der Waals surface area contributed by atoms with Crippen molar-refractivity contribution in [1.82, 2.24) is 10.2 Å². The fourth-order valence-corrected chi connectivity index (χ4v) is 3.97. The molecule has 0 fully saturated rings. The third-order valence-corrected chi connectivity index (χ3v) is 5.84. The Morgan fingerprint density at radius 1 is 0.889 bits per heavy atom. The van der Waals surface area contributed by atoms with Crippen LogP contribution in [0.5, 0.6) is 11.5 Å². The zero-order valence-electron chi connectivity index (χ0n) is 19.1. The highest BCUT2D eigenvalue weighted by molar-refractivity contribution is 6.21. The quantitative estimate of drug-likeness (QED) is 0.404. The number of fused-ring (bicyclic) bond motifs is 2. The van der Waals surface area contributed by atoms with Crippen molar-refractivity contribution in [3.63, 3.8) is 0 Å². The second kappa shape index (κ2) is 9.91. The van der Waals surface area contributed by atoms with Gasteiger partial charge in [0.2, 0.25) is 0 Å². The van der Waals surface area contributed by atoms with Crippen molar-refractivity contribution in [1.29, 1.82) is 0 Å². The molecule has 0 bridgehead atoms. The van der Waals surface area contributed by atoms with Crippen LogP contribution in [-0.4, -0.2) is 54.5 Å². The van der Waals surface area contributed by atoms with Gasteiger partial charge in [0.25, 0.3) is 17.7 Å². The predicted molar refractivity (Wildman–Crippen MR) is 127 cm³/mol. The Morgan fingerprint density at radius 3 is 2.22 bits per heavy atom. The van der Waals surface area contributed by atoms with E-state index in [1.807, 2.05) is 12.1 Å². The number of amides is 3. The van der Waals surface area contributed by atoms with E-state index in [0.29, 0.717) is 34.8 Å². The molecule has 0 aromatic heterocycles. The minimum atomic E-state index is -0.663. The minimum absolute atomic E-state index is 0.0848. The Bertz CT molecular complexity index is 1300. The number of nitrogens with one attached hydrogen (secondary N) is 1. The van der Waals surface area contributed by atoms with Crippen LogP contribution < -0.4 is 14.8 Å². The van der Waals surface area contributed by atoms with Gasteiger partial charge < -0.3 is 19.5 Å². The highest BCUT2D eigenvalue weighted by atomic mass is 16.6. The summed E-state index contributed by atoms with van der Waals surface area (Å²) < 4.78 is 16.5. The van der Waals surface area contributed by atoms with Crippen LogP contribution in [0.3, 0.4) is 0 Å². The molecular formula is C27H22N2O7. The van der Waals surface area contributed by atoms with E-state index >= 15 is 0 Å². The van der Waals surface area contributed by atoms with Crippen LogP contribution in [0.4, 0.5) is 0 Å². The molecule has 1 atom stereocenters. The molecule has 0 spiro atoms. The van der Waals surface area contributed by atoms with E-state index < -0.39 is 18.5 Å². The number of ether oxygens (including phenoxy) is 3. The molecule has 3 aromatic carbocycles. The summed E-state index contributed by atoms with van der Waals surface area (Å²) in [5, 5.41) is 2.66. The van der Waals surface area contributed by atoms with Crippen LogP contribution in [0.2, 0.25) is 0 Å². The smallest absolute Gasteiger partial charge is 0.338 e. The molecule has 3 amide bonds. The number of hydrogen-bond donors (Lipinski definition) is 1. The molecule has 3 aromatic rings. The summed E-state index contributed by atoms with van der Waals surface area (Å²) in [5.41, 5.74) is 1.69. The first kappa shape index (κ1) is 23.1. The minimum Gasteiger partial charge on any atom is -0.486 e. The summed E-state index contributed by atoms with van der Waals surface area (Å²) in [5.74, 6) is -0.555. The fourth-order valence-electron chi connectivity index (χ4n) is 3.97. The number of esters is 1. The molecule has 9 heteroatoms. The van der Waals surface area contributed by atoms with E-state index in [4.69, 9.17) is 14.2 Å². The SMILES string of the molecule is O=C(COC(=O)c1ccc(CN2C(=O)c3ccccc3C2=O)cc1)NCC1COc2ccccc2O1. The molecule has 0 aliphatic carbocycles. The number of nitrogens with zero attached hydrogens (tertiary/aromatic N) is 1. The van der Waals surface area contributed by atoms with Crippen LogP contribution >= 0.6 is 0 Å². The average Bonchev–Trinajstić information content (AvgIpc) is 3.15. The Hall–Kier alpha value is -4.66. The van der Waals surface area contributed by atoms with Crippen LogP contribution in [0.15, 0.2) is 72.8 Å². The van der Waals surface area contributed by atoms with Gasteiger partial charge in [-0.25, -0.2) is 4.79 Å². The van der Waals surface area contributed by atoms with Crippen molar-refractivity contribution < 1.29 is 33.4 Å². The van der Waals surface area contributed by atoms with Crippen LogP contribution in [0.25, 0.3) is 0 Å². The standard InChI is InChI=1S/C27H22N2O7/c30-24(28-13-19-15-34-22-7-3-4-8-23(22)36-19)16-35-27(33)18-11-9-17(10-12-18)14-29-25(31)20-5-1-2-6-21(20)26(29)32/h1-12,19H,13-16H2,(H,28,30). The molecule has 5 rings (SSSR count). The summed E-state index contributed by atoms with van der Waals surface area (Å²) >= 11 is 0. The van der Waals surface area contributed by atoms with E-state index in [9.17, 15) is 19.2 Å². The van der Waals surface area contributed by atoms with E-state index in [0.717, 1.165) is 0 Å². The van der Waals surface area contributed by atoms with Gasteiger partial charge in [0.1, 0.15) is 12.7 Å². The average molecular weight is 486 g/mol. The maximum atomic E-state index is 12.5. The predicted octanol–water partition coefficient (Wildman–Crippen LogP) is 2.60. The van der Waals surface area contributed by atoms with E-state index in [1.165, 1.54) is 17.0 Å². The maximum absolute atomic E-state index is 12.5. The third-order valence-electron chi connectivity index (χ3n) is 5.84. The first-order valence-electron chi connectivity index (χ1n) is 11.4. The van der Waals surface area contributed by atoms with Gasteiger partial charge >= 0.3 is 5.97 Å². The van der Waals surface area contributed by atoms with Gasteiger partial charge in [-0.3, -0.25) is 19.3 Å².